The zero-order valence-electron chi connectivity index (χ0n) is 12.5. The van der Waals surface area contributed by atoms with Crippen LogP contribution in [0.5, 0.6) is 0 Å². The molecule has 0 amide bonds. The van der Waals surface area contributed by atoms with E-state index in [1.54, 1.807) is 0 Å². The quantitative estimate of drug-likeness (QED) is 0.616. The van der Waals surface area contributed by atoms with Gasteiger partial charge < -0.3 is 15.4 Å². The molecular formula is C15H24N2O2S. The molecule has 112 valence electrons. The van der Waals surface area contributed by atoms with Crippen molar-refractivity contribution in [1.82, 2.24) is 10.6 Å². The molecule has 1 fully saturated rings. The third-order valence-electron chi connectivity index (χ3n) is 3.94. The molecule has 0 aromatic heterocycles. The minimum atomic E-state index is -0.212. The molecule has 20 heavy (non-hydrogen) atoms. The van der Waals surface area contributed by atoms with E-state index in [1.165, 1.54) is 12.8 Å². The maximum absolute atomic E-state index is 12.4. The monoisotopic (exact) mass is 296 g/mol. The first-order valence-corrected chi connectivity index (χ1v) is 7.85. The molecule has 4 nitrogen and oxygen atoms in total. The highest BCUT2D eigenvalue weighted by Crippen LogP contribution is 2.33. The second-order valence-corrected chi connectivity index (χ2v) is 6.56. The summed E-state index contributed by atoms with van der Waals surface area (Å²) in [6.07, 6.45) is 4.76. The molecule has 1 unspecified atom stereocenters. The number of thiocarbonyl (C=S) groups is 1. The Bertz CT molecular complexity index is 426. The Morgan fingerprint density at radius 1 is 1.40 bits per heavy atom. The number of carbonyl (C=O) groups excluding carboxylic acids is 1. The van der Waals surface area contributed by atoms with Crippen molar-refractivity contribution in [3.8, 4) is 0 Å². The minimum Gasteiger partial charge on any atom is -0.462 e. The Hall–Kier alpha value is -1.10. The molecule has 2 aliphatic rings. The number of ether oxygens (including phenoxy) is 1. The highest BCUT2D eigenvalue weighted by Gasteiger charge is 2.36. The van der Waals surface area contributed by atoms with Crippen molar-refractivity contribution in [2.45, 2.75) is 52.5 Å². The van der Waals surface area contributed by atoms with Crippen molar-refractivity contribution < 1.29 is 9.53 Å². The van der Waals surface area contributed by atoms with Crippen LogP contribution in [-0.2, 0) is 9.53 Å². The Labute approximate surface area is 126 Å². The van der Waals surface area contributed by atoms with Gasteiger partial charge in [0.15, 0.2) is 5.11 Å². The van der Waals surface area contributed by atoms with Gasteiger partial charge in [0.25, 0.3) is 0 Å². The van der Waals surface area contributed by atoms with Gasteiger partial charge in [0.1, 0.15) is 0 Å². The van der Waals surface area contributed by atoms with Gasteiger partial charge in [0.2, 0.25) is 0 Å². The van der Waals surface area contributed by atoms with Gasteiger partial charge in [-0.3, -0.25) is 0 Å². The average Bonchev–Trinajstić information content (AvgIpc) is 2.88. The molecule has 0 bridgehead atoms. The Morgan fingerprint density at radius 3 is 2.65 bits per heavy atom. The molecule has 1 heterocycles. The summed E-state index contributed by atoms with van der Waals surface area (Å²) < 4.78 is 5.42. The summed E-state index contributed by atoms with van der Waals surface area (Å²) in [4.78, 5) is 12.4. The Morgan fingerprint density at radius 2 is 2.05 bits per heavy atom. The summed E-state index contributed by atoms with van der Waals surface area (Å²) in [6, 6.07) is 0.00547. The van der Waals surface area contributed by atoms with Crippen molar-refractivity contribution in [2.75, 3.05) is 6.61 Å². The average molecular weight is 296 g/mol. The van der Waals surface area contributed by atoms with Crippen LogP contribution >= 0.6 is 12.2 Å². The highest BCUT2D eigenvalue weighted by molar-refractivity contribution is 7.80. The van der Waals surface area contributed by atoms with E-state index in [9.17, 15) is 4.79 Å². The molecule has 0 spiro atoms. The van der Waals surface area contributed by atoms with Crippen molar-refractivity contribution >= 4 is 23.3 Å². The number of nitrogens with one attached hydrogen (secondary N) is 2. The summed E-state index contributed by atoms with van der Waals surface area (Å²) >= 11 is 5.23. The zero-order chi connectivity index (χ0) is 14.7. The van der Waals surface area contributed by atoms with E-state index in [0.29, 0.717) is 23.6 Å². The van der Waals surface area contributed by atoms with Crippen LogP contribution < -0.4 is 10.6 Å². The fourth-order valence-corrected chi connectivity index (χ4v) is 3.24. The molecule has 0 saturated heterocycles. The summed E-state index contributed by atoms with van der Waals surface area (Å²) in [5.74, 6) is 0.609. The van der Waals surface area contributed by atoms with Crippen LogP contribution in [0.4, 0.5) is 0 Å². The molecule has 5 heteroatoms. The van der Waals surface area contributed by atoms with E-state index in [2.05, 4.69) is 10.6 Å². The maximum Gasteiger partial charge on any atom is 0.337 e. The van der Waals surface area contributed by atoms with E-state index in [0.717, 1.165) is 24.1 Å². The molecule has 0 aromatic carbocycles. The lowest BCUT2D eigenvalue weighted by Gasteiger charge is -2.33. The maximum atomic E-state index is 12.4. The van der Waals surface area contributed by atoms with E-state index in [-0.39, 0.29) is 12.0 Å². The first-order valence-electron chi connectivity index (χ1n) is 7.44. The van der Waals surface area contributed by atoms with Crippen LogP contribution in [0.2, 0.25) is 0 Å². The smallest absolute Gasteiger partial charge is 0.337 e. The highest BCUT2D eigenvalue weighted by atomic mass is 32.1. The fraction of sp³-hybridized carbons (Fsp3) is 0.733. The largest absolute Gasteiger partial charge is 0.462 e. The van der Waals surface area contributed by atoms with E-state index < -0.39 is 0 Å². The van der Waals surface area contributed by atoms with Crippen LogP contribution in [0.1, 0.15) is 46.5 Å². The summed E-state index contributed by atoms with van der Waals surface area (Å²) in [7, 11) is 0. The number of hydrogen-bond donors (Lipinski definition) is 2. The predicted molar refractivity (Wildman–Crippen MR) is 83.1 cm³/mol. The molecular weight excluding hydrogens is 272 g/mol. The fourth-order valence-electron chi connectivity index (χ4n) is 2.96. The van der Waals surface area contributed by atoms with Crippen molar-refractivity contribution in [1.29, 1.82) is 0 Å². The van der Waals surface area contributed by atoms with Crippen LogP contribution in [0.25, 0.3) is 0 Å². The van der Waals surface area contributed by atoms with E-state index in [1.807, 2.05) is 20.8 Å². The van der Waals surface area contributed by atoms with Crippen LogP contribution in [-0.4, -0.2) is 23.7 Å². The normalized spacial score (nSPS) is 23.8. The molecule has 1 saturated carbocycles. The molecule has 2 rings (SSSR count). The topological polar surface area (TPSA) is 50.4 Å². The number of rotatable bonds is 4. The molecule has 0 aromatic rings. The number of hydrogen-bond acceptors (Lipinski definition) is 3. The van der Waals surface area contributed by atoms with Gasteiger partial charge in [-0.2, -0.15) is 0 Å². The minimum absolute atomic E-state index is 0.00547. The molecule has 2 N–H and O–H groups in total. The lowest BCUT2D eigenvalue weighted by atomic mass is 9.89. The van der Waals surface area contributed by atoms with Crippen molar-refractivity contribution in [3.63, 3.8) is 0 Å². The van der Waals surface area contributed by atoms with E-state index >= 15 is 0 Å². The first-order chi connectivity index (χ1) is 9.49. The first kappa shape index (κ1) is 15.3. The zero-order valence-corrected chi connectivity index (χ0v) is 13.3. The number of carbonyl (C=O) groups is 1. The molecule has 1 atom stereocenters. The summed E-state index contributed by atoms with van der Waals surface area (Å²) in [6.45, 7) is 6.43. The Balaban J connectivity index is 2.17. The van der Waals surface area contributed by atoms with Crippen LogP contribution in [0, 0.1) is 11.8 Å². The second kappa shape index (κ2) is 6.57. The van der Waals surface area contributed by atoms with Crippen molar-refractivity contribution in [3.05, 3.63) is 11.3 Å². The standard InChI is InChI=1S/C15H24N2O2S/c1-9(2)8-19-14(18)12-10(3)16-15(20)17-13(12)11-6-4-5-7-11/h9,11,13H,4-8H2,1-3H3,(H2,16,17,20). The predicted octanol–water partition coefficient (Wildman–Crippen LogP) is 2.50. The molecule has 1 aliphatic carbocycles. The number of esters is 1. The number of allylic oxidation sites excluding steroid dienone is 1. The van der Waals surface area contributed by atoms with Gasteiger partial charge in [-0.05, 0) is 43.8 Å². The lowest BCUT2D eigenvalue weighted by molar-refractivity contribution is -0.140. The van der Waals surface area contributed by atoms with Gasteiger partial charge >= 0.3 is 5.97 Å². The van der Waals surface area contributed by atoms with Crippen molar-refractivity contribution in [2.24, 2.45) is 11.8 Å². The summed E-state index contributed by atoms with van der Waals surface area (Å²) in [5.41, 5.74) is 1.56. The third-order valence-corrected chi connectivity index (χ3v) is 4.16. The Kier molecular flexibility index (Phi) is 5.02. The van der Waals surface area contributed by atoms with Gasteiger partial charge in [-0.15, -0.1) is 0 Å². The molecule has 1 aliphatic heterocycles. The summed E-state index contributed by atoms with van der Waals surface area (Å²) in [5, 5.41) is 6.93. The van der Waals surface area contributed by atoms with Crippen LogP contribution in [0.3, 0.4) is 0 Å². The molecule has 0 radical (unpaired) electrons. The lowest BCUT2D eigenvalue weighted by Crippen LogP contribution is -2.52. The van der Waals surface area contributed by atoms with Gasteiger partial charge in [0, 0.05) is 5.70 Å². The van der Waals surface area contributed by atoms with Crippen LogP contribution in [0.15, 0.2) is 11.3 Å². The second-order valence-electron chi connectivity index (χ2n) is 6.15. The van der Waals surface area contributed by atoms with Gasteiger partial charge in [-0.25, -0.2) is 4.79 Å². The van der Waals surface area contributed by atoms with Gasteiger partial charge in [-0.1, -0.05) is 26.7 Å². The van der Waals surface area contributed by atoms with Gasteiger partial charge in [0.05, 0.1) is 18.2 Å². The SMILES string of the molecule is CC1=C(C(=O)OCC(C)C)C(C2CCCC2)NC(=S)N1. The van der Waals surface area contributed by atoms with E-state index in [4.69, 9.17) is 17.0 Å². The third kappa shape index (κ3) is 3.51.